The predicted octanol–water partition coefficient (Wildman–Crippen LogP) is 3.87. The molecule has 1 atom stereocenters. The Bertz CT molecular complexity index is 696. The van der Waals surface area contributed by atoms with Gasteiger partial charge in [0, 0.05) is 18.7 Å². The zero-order valence-corrected chi connectivity index (χ0v) is 13.7. The van der Waals surface area contributed by atoms with E-state index in [2.05, 4.69) is 31.2 Å². The van der Waals surface area contributed by atoms with E-state index >= 15 is 0 Å². The second-order valence-electron chi connectivity index (χ2n) is 6.36. The van der Waals surface area contributed by atoms with E-state index in [1.807, 2.05) is 29.2 Å². The SMILES string of the molecule is Cc1cccc(C2CCCN2C(=O)CCc2ccccc2N)c1. The molecule has 2 N–H and O–H groups in total. The van der Waals surface area contributed by atoms with Crippen LogP contribution in [0.4, 0.5) is 5.69 Å². The number of rotatable bonds is 4. The summed E-state index contributed by atoms with van der Waals surface area (Å²) in [6.07, 6.45) is 3.37. The number of benzene rings is 2. The number of anilines is 1. The van der Waals surface area contributed by atoms with E-state index in [1.165, 1.54) is 11.1 Å². The highest BCUT2D eigenvalue weighted by molar-refractivity contribution is 5.77. The Labute approximate surface area is 138 Å². The molecule has 2 aromatic carbocycles. The molecule has 1 fully saturated rings. The Hall–Kier alpha value is -2.29. The quantitative estimate of drug-likeness (QED) is 0.871. The van der Waals surface area contributed by atoms with Gasteiger partial charge in [-0.05, 0) is 43.4 Å². The lowest BCUT2D eigenvalue weighted by atomic mass is 10.0. The van der Waals surface area contributed by atoms with Crippen LogP contribution in [0.2, 0.25) is 0 Å². The van der Waals surface area contributed by atoms with Gasteiger partial charge in [0.05, 0.1) is 6.04 Å². The van der Waals surface area contributed by atoms with Crippen molar-refractivity contribution in [3.05, 3.63) is 65.2 Å². The molecular weight excluding hydrogens is 284 g/mol. The van der Waals surface area contributed by atoms with Gasteiger partial charge in [-0.25, -0.2) is 0 Å². The van der Waals surface area contributed by atoms with E-state index in [1.54, 1.807) is 0 Å². The highest BCUT2D eigenvalue weighted by Crippen LogP contribution is 2.33. The summed E-state index contributed by atoms with van der Waals surface area (Å²) in [5, 5.41) is 0. The molecule has 1 saturated heterocycles. The molecule has 0 aliphatic carbocycles. The number of nitrogens with two attached hydrogens (primary N) is 1. The molecule has 3 nitrogen and oxygen atoms in total. The molecule has 3 heteroatoms. The standard InChI is InChI=1S/C20H24N2O/c1-15-6-4-8-17(14-15)19-10-5-13-22(19)20(23)12-11-16-7-2-3-9-18(16)21/h2-4,6-9,14,19H,5,10-13,21H2,1H3. The number of likely N-dealkylation sites (tertiary alicyclic amines) is 1. The molecule has 1 heterocycles. The van der Waals surface area contributed by atoms with E-state index in [9.17, 15) is 4.79 Å². The Balaban J connectivity index is 1.68. The molecule has 2 aromatic rings. The fourth-order valence-corrected chi connectivity index (χ4v) is 3.44. The topological polar surface area (TPSA) is 46.3 Å². The average Bonchev–Trinajstić information content (AvgIpc) is 3.03. The van der Waals surface area contributed by atoms with E-state index in [-0.39, 0.29) is 11.9 Å². The van der Waals surface area contributed by atoms with Gasteiger partial charge in [0.2, 0.25) is 5.91 Å². The molecule has 1 aliphatic heterocycles. The van der Waals surface area contributed by atoms with Crippen molar-refractivity contribution in [1.82, 2.24) is 4.90 Å². The summed E-state index contributed by atoms with van der Waals surface area (Å²) in [4.78, 5) is 14.7. The highest BCUT2D eigenvalue weighted by Gasteiger charge is 2.29. The van der Waals surface area contributed by atoms with Gasteiger partial charge in [0.25, 0.3) is 0 Å². The molecule has 0 bridgehead atoms. The van der Waals surface area contributed by atoms with Crippen molar-refractivity contribution in [1.29, 1.82) is 0 Å². The van der Waals surface area contributed by atoms with Crippen molar-refractivity contribution < 1.29 is 4.79 Å². The number of hydrogen-bond acceptors (Lipinski definition) is 2. The maximum Gasteiger partial charge on any atom is 0.223 e. The summed E-state index contributed by atoms with van der Waals surface area (Å²) in [5.41, 5.74) is 10.3. The molecule has 1 aliphatic rings. The molecule has 0 saturated carbocycles. The second-order valence-corrected chi connectivity index (χ2v) is 6.36. The Kier molecular flexibility index (Phi) is 4.65. The predicted molar refractivity (Wildman–Crippen MR) is 94.0 cm³/mol. The molecule has 1 unspecified atom stereocenters. The van der Waals surface area contributed by atoms with E-state index in [0.29, 0.717) is 12.8 Å². The van der Waals surface area contributed by atoms with Crippen LogP contribution in [0.15, 0.2) is 48.5 Å². The lowest BCUT2D eigenvalue weighted by Crippen LogP contribution is -2.30. The third kappa shape index (κ3) is 3.55. The molecule has 0 spiro atoms. The van der Waals surface area contributed by atoms with E-state index < -0.39 is 0 Å². The van der Waals surface area contributed by atoms with Gasteiger partial charge in [-0.2, -0.15) is 0 Å². The van der Waals surface area contributed by atoms with Gasteiger partial charge in [0.15, 0.2) is 0 Å². The minimum Gasteiger partial charge on any atom is -0.399 e. The van der Waals surface area contributed by atoms with Crippen molar-refractivity contribution >= 4 is 11.6 Å². The number of nitrogens with zero attached hydrogens (tertiary/aromatic N) is 1. The van der Waals surface area contributed by atoms with Crippen LogP contribution in [0.3, 0.4) is 0 Å². The first-order chi connectivity index (χ1) is 11.1. The maximum atomic E-state index is 12.7. The van der Waals surface area contributed by atoms with Crippen molar-refractivity contribution in [3.8, 4) is 0 Å². The third-order valence-corrected chi connectivity index (χ3v) is 4.66. The summed E-state index contributed by atoms with van der Waals surface area (Å²) in [6.45, 7) is 2.96. The number of amides is 1. The zero-order valence-electron chi connectivity index (χ0n) is 13.7. The van der Waals surface area contributed by atoms with Gasteiger partial charge >= 0.3 is 0 Å². The van der Waals surface area contributed by atoms with Crippen LogP contribution in [-0.2, 0) is 11.2 Å². The van der Waals surface area contributed by atoms with Crippen LogP contribution in [0.1, 0.15) is 42.0 Å². The Morgan fingerprint density at radius 1 is 1.22 bits per heavy atom. The minimum atomic E-state index is 0.232. The normalized spacial score (nSPS) is 17.4. The van der Waals surface area contributed by atoms with Crippen molar-refractivity contribution in [2.75, 3.05) is 12.3 Å². The molecular formula is C20H24N2O. The van der Waals surface area contributed by atoms with Gasteiger partial charge < -0.3 is 10.6 Å². The summed E-state index contributed by atoms with van der Waals surface area (Å²) < 4.78 is 0. The maximum absolute atomic E-state index is 12.7. The van der Waals surface area contributed by atoms with Crippen LogP contribution in [-0.4, -0.2) is 17.4 Å². The summed E-state index contributed by atoms with van der Waals surface area (Å²) >= 11 is 0. The first-order valence-electron chi connectivity index (χ1n) is 8.34. The fourth-order valence-electron chi connectivity index (χ4n) is 3.44. The number of nitrogen functional groups attached to an aromatic ring is 1. The Morgan fingerprint density at radius 3 is 2.83 bits per heavy atom. The molecule has 3 rings (SSSR count). The van der Waals surface area contributed by atoms with Crippen LogP contribution < -0.4 is 5.73 Å². The number of aryl methyl sites for hydroxylation is 2. The third-order valence-electron chi connectivity index (χ3n) is 4.66. The second kappa shape index (κ2) is 6.86. The molecule has 120 valence electrons. The number of para-hydroxylation sites is 1. The van der Waals surface area contributed by atoms with E-state index in [0.717, 1.165) is 30.6 Å². The lowest BCUT2D eigenvalue weighted by Gasteiger charge is -2.25. The summed E-state index contributed by atoms with van der Waals surface area (Å²) in [5.74, 6) is 0.234. The van der Waals surface area contributed by atoms with Gasteiger partial charge in [0.1, 0.15) is 0 Å². The Morgan fingerprint density at radius 2 is 2.04 bits per heavy atom. The number of hydrogen-bond donors (Lipinski definition) is 1. The highest BCUT2D eigenvalue weighted by atomic mass is 16.2. The van der Waals surface area contributed by atoms with Gasteiger partial charge in [-0.1, -0.05) is 48.0 Å². The van der Waals surface area contributed by atoms with Crippen molar-refractivity contribution in [3.63, 3.8) is 0 Å². The van der Waals surface area contributed by atoms with E-state index in [4.69, 9.17) is 5.73 Å². The van der Waals surface area contributed by atoms with Crippen LogP contribution in [0, 0.1) is 6.92 Å². The van der Waals surface area contributed by atoms with Crippen molar-refractivity contribution in [2.45, 2.75) is 38.6 Å². The molecule has 23 heavy (non-hydrogen) atoms. The first kappa shape index (κ1) is 15.6. The lowest BCUT2D eigenvalue weighted by molar-refractivity contribution is -0.132. The van der Waals surface area contributed by atoms with Crippen LogP contribution >= 0.6 is 0 Å². The largest absolute Gasteiger partial charge is 0.399 e. The summed E-state index contributed by atoms with van der Waals surface area (Å²) in [6, 6.07) is 16.5. The fraction of sp³-hybridized carbons (Fsp3) is 0.350. The van der Waals surface area contributed by atoms with Gasteiger partial charge in [-0.15, -0.1) is 0 Å². The number of carbonyl (C=O) groups is 1. The first-order valence-corrected chi connectivity index (χ1v) is 8.34. The van der Waals surface area contributed by atoms with Crippen LogP contribution in [0.25, 0.3) is 0 Å². The van der Waals surface area contributed by atoms with Crippen molar-refractivity contribution in [2.24, 2.45) is 0 Å². The summed E-state index contributed by atoms with van der Waals surface area (Å²) in [7, 11) is 0. The smallest absolute Gasteiger partial charge is 0.223 e. The molecule has 1 amide bonds. The average molecular weight is 308 g/mol. The molecule has 0 radical (unpaired) electrons. The molecule has 0 aromatic heterocycles. The minimum absolute atomic E-state index is 0.232. The number of carbonyl (C=O) groups excluding carboxylic acids is 1. The van der Waals surface area contributed by atoms with Crippen LogP contribution in [0.5, 0.6) is 0 Å². The zero-order chi connectivity index (χ0) is 16.2. The monoisotopic (exact) mass is 308 g/mol. The van der Waals surface area contributed by atoms with Gasteiger partial charge in [-0.3, -0.25) is 4.79 Å².